The number of ketones is 1. The standard InChI is InChI=1S/C22H34O4/c1-6-26-22(25)21(11-7-9-18(4)10-8-16-23)15-14-20(17(2)3)13-12-19(5)24/h9,15-16,20H,2,6-8,10-14H2,1,3-5H3/b18-9+,21-15-/t20-/m1/s1. The van der Waals surface area contributed by atoms with E-state index in [-0.39, 0.29) is 17.7 Å². The summed E-state index contributed by atoms with van der Waals surface area (Å²) in [4.78, 5) is 33.9. The maximum Gasteiger partial charge on any atom is 0.333 e. The Kier molecular flexibility index (Phi) is 13.1. The molecule has 0 radical (unpaired) electrons. The Balaban J connectivity index is 4.95. The zero-order chi connectivity index (χ0) is 19.9. The summed E-state index contributed by atoms with van der Waals surface area (Å²) >= 11 is 0. The molecule has 0 unspecified atom stereocenters. The largest absolute Gasteiger partial charge is 0.463 e. The van der Waals surface area contributed by atoms with Crippen LogP contribution in [-0.4, -0.2) is 24.6 Å². The average Bonchev–Trinajstić information content (AvgIpc) is 2.57. The number of carbonyl (C=O) groups is 3. The fourth-order valence-electron chi connectivity index (χ4n) is 2.60. The van der Waals surface area contributed by atoms with E-state index < -0.39 is 0 Å². The minimum Gasteiger partial charge on any atom is -0.463 e. The third-order valence-electron chi connectivity index (χ3n) is 4.29. The van der Waals surface area contributed by atoms with Crippen molar-refractivity contribution < 1.29 is 19.1 Å². The molecule has 0 fully saturated rings. The molecule has 4 nitrogen and oxygen atoms in total. The van der Waals surface area contributed by atoms with Crippen LogP contribution in [0.15, 0.2) is 35.5 Å². The Morgan fingerprint density at radius 1 is 1.04 bits per heavy atom. The first kappa shape index (κ1) is 24.0. The Morgan fingerprint density at radius 2 is 1.73 bits per heavy atom. The highest BCUT2D eigenvalue weighted by Gasteiger charge is 2.14. The van der Waals surface area contributed by atoms with Crippen LogP contribution in [0, 0.1) is 5.92 Å². The Morgan fingerprint density at radius 3 is 2.27 bits per heavy atom. The summed E-state index contributed by atoms with van der Waals surface area (Å²) in [6, 6.07) is 0. The van der Waals surface area contributed by atoms with E-state index in [4.69, 9.17) is 4.74 Å². The van der Waals surface area contributed by atoms with Gasteiger partial charge >= 0.3 is 5.97 Å². The van der Waals surface area contributed by atoms with Crippen molar-refractivity contribution in [2.24, 2.45) is 5.92 Å². The van der Waals surface area contributed by atoms with Crippen LogP contribution in [0.25, 0.3) is 0 Å². The van der Waals surface area contributed by atoms with Gasteiger partial charge in [-0.05, 0) is 65.7 Å². The number of hydrogen-bond acceptors (Lipinski definition) is 4. The van der Waals surface area contributed by atoms with Crippen molar-refractivity contribution in [3.8, 4) is 0 Å². The van der Waals surface area contributed by atoms with Crippen LogP contribution in [0.1, 0.15) is 72.6 Å². The monoisotopic (exact) mass is 362 g/mol. The molecule has 4 heteroatoms. The molecule has 0 spiro atoms. The number of esters is 1. The SMILES string of the molecule is C=C(C)[C@@H](C/C=C(/CC/C=C(\C)CCC=O)C(=O)OCC)CCC(C)=O. The number of hydrogen-bond donors (Lipinski definition) is 0. The number of ether oxygens (including phenoxy) is 1. The highest BCUT2D eigenvalue weighted by molar-refractivity contribution is 5.88. The van der Waals surface area contributed by atoms with Crippen molar-refractivity contribution in [3.05, 3.63) is 35.5 Å². The van der Waals surface area contributed by atoms with Crippen LogP contribution >= 0.6 is 0 Å². The molecule has 146 valence electrons. The predicted molar refractivity (Wildman–Crippen MR) is 106 cm³/mol. The van der Waals surface area contributed by atoms with Gasteiger partial charge in [-0.3, -0.25) is 0 Å². The fraction of sp³-hybridized carbons (Fsp3) is 0.591. The van der Waals surface area contributed by atoms with Gasteiger partial charge in [0.25, 0.3) is 0 Å². The van der Waals surface area contributed by atoms with E-state index in [9.17, 15) is 14.4 Å². The molecule has 0 aromatic heterocycles. The van der Waals surface area contributed by atoms with Crippen molar-refractivity contribution in [3.63, 3.8) is 0 Å². The summed E-state index contributed by atoms with van der Waals surface area (Å²) in [6.07, 6.45) is 9.51. The summed E-state index contributed by atoms with van der Waals surface area (Å²) in [5.41, 5.74) is 2.84. The van der Waals surface area contributed by atoms with Gasteiger partial charge in [0.15, 0.2) is 0 Å². The van der Waals surface area contributed by atoms with Gasteiger partial charge in [0, 0.05) is 18.4 Å². The molecule has 0 aliphatic heterocycles. The lowest BCUT2D eigenvalue weighted by molar-refractivity contribution is -0.138. The second kappa shape index (κ2) is 14.2. The van der Waals surface area contributed by atoms with Crippen LogP contribution in [0.5, 0.6) is 0 Å². The Hall–Kier alpha value is -1.97. The molecule has 0 N–H and O–H groups in total. The number of Topliss-reactive ketones (excluding diaryl/α,β-unsaturated/α-hetero) is 1. The first-order chi connectivity index (χ1) is 12.3. The maximum atomic E-state index is 12.2. The van der Waals surface area contributed by atoms with Gasteiger partial charge in [-0.15, -0.1) is 0 Å². The lowest BCUT2D eigenvalue weighted by atomic mass is 9.90. The van der Waals surface area contributed by atoms with Crippen LogP contribution in [0.4, 0.5) is 0 Å². The smallest absolute Gasteiger partial charge is 0.333 e. The zero-order valence-corrected chi connectivity index (χ0v) is 16.8. The van der Waals surface area contributed by atoms with Crippen molar-refractivity contribution in [1.82, 2.24) is 0 Å². The summed E-state index contributed by atoms with van der Waals surface area (Å²) in [5, 5.41) is 0. The number of carbonyl (C=O) groups excluding carboxylic acids is 3. The third-order valence-corrected chi connectivity index (χ3v) is 4.29. The van der Waals surface area contributed by atoms with E-state index in [1.165, 1.54) is 0 Å². The lowest BCUT2D eigenvalue weighted by Gasteiger charge is -2.15. The fourth-order valence-corrected chi connectivity index (χ4v) is 2.60. The molecule has 0 saturated carbocycles. The molecular weight excluding hydrogens is 328 g/mol. The van der Waals surface area contributed by atoms with Crippen molar-refractivity contribution >= 4 is 18.0 Å². The van der Waals surface area contributed by atoms with E-state index in [1.807, 2.05) is 19.9 Å². The van der Waals surface area contributed by atoms with Gasteiger partial charge in [0.2, 0.25) is 0 Å². The second-order valence-corrected chi connectivity index (χ2v) is 6.76. The van der Waals surface area contributed by atoms with Gasteiger partial charge in [0.05, 0.1) is 6.61 Å². The molecule has 0 saturated heterocycles. The highest BCUT2D eigenvalue weighted by Crippen LogP contribution is 2.22. The van der Waals surface area contributed by atoms with E-state index in [0.29, 0.717) is 37.9 Å². The van der Waals surface area contributed by atoms with E-state index in [0.717, 1.165) is 36.7 Å². The van der Waals surface area contributed by atoms with Gasteiger partial charge in [-0.25, -0.2) is 4.79 Å². The molecular formula is C22H34O4. The number of rotatable bonds is 14. The molecule has 0 aliphatic rings. The average molecular weight is 363 g/mol. The zero-order valence-electron chi connectivity index (χ0n) is 16.8. The van der Waals surface area contributed by atoms with Crippen LogP contribution in [0.3, 0.4) is 0 Å². The van der Waals surface area contributed by atoms with E-state index >= 15 is 0 Å². The van der Waals surface area contributed by atoms with Gasteiger partial charge in [0.1, 0.15) is 12.1 Å². The third kappa shape index (κ3) is 11.6. The first-order valence-corrected chi connectivity index (χ1v) is 9.42. The normalized spacial score (nSPS) is 13.2. The molecule has 0 bridgehead atoms. The molecule has 1 atom stereocenters. The molecule has 0 aromatic carbocycles. The van der Waals surface area contributed by atoms with E-state index in [2.05, 4.69) is 12.7 Å². The summed E-state index contributed by atoms with van der Waals surface area (Å²) in [6.45, 7) is 11.7. The van der Waals surface area contributed by atoms with Gasteiger partial charge in [-0.2, -0.15) is 0 Å². The molecule has 0 aromatic rings. The van der Waals surface area contributed by atoms with E-state index in [1.54, 1.807) is 13.8 Å². The van der Waals surface area contributed by atoms with Gasteiger partial charge in [-0.1, -0.05) is 29.9 Å². The highest BCUT2D eigenvalue weighted by atomic mass is 16.5. The molecule has 0 heterocycles. The summed E-state index contributed by atoms with van der Waals surface area (Å²) in [7, 11) is 0. The van der Waals surface area contributed by atoms with Crippen molar-refractivity contribution in [1.29, 1.82) is 0 Å². The van der Waals surface area contributed by atoms with Crippen LogP contribution in [0.2, 0.25) is 0 Å². The molecule has 0 rings (SSSR count). The van der Waals surface area contributed by atoms with Crippen LogP contribution in [-0.2, 0) is 19.1 Å². The summed E-state index contributed by atoms with van der Waals surface area (Å²) < 4.78 is 5.17. The Bertz CT molecular complexity index is 540. The first-order valence-electron chi connectivity index (χ1n) is 9.42. The number of allylic oxidation sites excluding steroid dienone is 4. The lowest BCUT2D eigenvalue weighted by Crippen LogP contribution is -2.09. The minimum absolute atomic E-state index is 0.168. The topological polar surface area (TPSA) is 60.4 Å². The minimum atomic E-state index is -0.279. The van der Waals surface area contributed by atoms with Gasteiger partial charge < -0.3 is 14.3 Å². The predicted octanol–water partition coefficient (Wildman–Crippen LogP) is 5.13. The number of aldehydes is 1. The quantitative estimate of drug-likeness (QED) is 0.186. The van der Waals surface area contributed by atoms with Crippen molar-refractivity contribution in [2.75, 3.05) is 6.61 Å². The molecule has 26 heavy (non-hydrogen) atoms. The van der Waals surface area contributed by atoms with Crippen molar-refractivity contribution in [2.45, 2.75) is 72.6 Å². The molecule has 0 aliphatic carbocycles. The molecule has 0 amide bonds. The summed E-state index contributed by atoms with van der Waals surface area (Å²) in [5.74, 6) is 0.0773. The second-order valence-electron chi connectivity index (χ2n) is 6.76. The van der Waals surface area contributed by atoms with Crippen LogP contribution < -0.4 is 0 Å². The Labute approximate surface area is 158 Å². The maximum absolute atomic E-state index is 12.2.